The van der Waals surface area contributed by atoms with Crippen molar-refractivity contribution in [2.24, 2.45) is 0 Å². The van der Waals surface area contributed by atoms with Gasteiger partial charge in [-0.2, -0.15) is 0 Å². The molecule has 0 amide bonds. The van der Waals surface area contributed by atoms with Crippen molar-refractivity contribution in [3.8, 4) is 0 Å². The summed E-state index contributed by atoms with van der Waals surface area (Å²) >= 11 is 0. The van der Waals surface area contributed by atoms with Crippen LogP contribution in [0.3, 0.4) is 0 Å². The fourth-order valence-corrected chi connectivity index (χ4v) is 4.17. The Morgan fingerprint density at radius 2 is 0.966 bits per heavy atom. The number of benzene rings is 1. The molecule has 1 rings (SSSR count). The maximum absolute atomic E-state index is 3.67. The molecule has 0 spiro atoms. The molecule has 0 aromatic heterocycles. The summed E-state index contributed by atoms with van der Waals surface area (Å²) in [4.78, 5) is 0. The first-order valence-electron chi connectivity index (χ1n) is 13.2. The molecule has 1 aromatic rings. The zero-order valence-electron chi connectivity index (χ0n) is 20.0. The van der Waals surface area contributed by atoms with E-state index in [1.165, 1.54) is 133 Å². The number of anilines is 1. The number of aryl methyl sites for hydroxylation is 1. The predicted molar refractivity (Wildman–Crippen MR) is 133 cm³/mol. The number of rotatable bonds is 21. The smallest absolute Gasteiger partial charge is 0.0372 e. The van der Waals surface area contributed by atoms with Gasteiger partial charge in [0.2, 0.25) is 0 Å². The predicted octanol–water partition coefficient (Wildman–Crippen LogP) is 9.70. The van der Waals surface area contributed by atoms with Gasteiger partial charge in [-0.1, -0.05) is 135 Å². The summed E-state index contributed by atoms with van der Waals surface area (Å²) in [5.74, 6) is 0. The highest BCUT2D eigenvalue weighted by Crippen LogP contribution is 2.18. The summed E-state index contributed by atoms with van der Waals surface area (Å²) in [6, 6.07) is 8.86. The zero-order valence-corrected chi connectivity index (χ0v) is 20.0. The Morgan fingerprint density at radius 3 is 1.48 bits per heavy atom. The highest BCUT2D eigenvalue weighted by molar-refractivity contribution is 5.51. The Morgan fingerprint density at radius 1 is 0.517 bits per heavy atom. The van der Waals surface area contributed by atoms with Gasteiger partial charge >= 0.3 is 0 Å². The van der Waals surface area contributed by atoms with Gasteiger partial charge in [-0.05, 0) is 30.9 Å². The largest absolute Gasteiger partial charge is 0.385 e. The minimum atomic E-state index is 1.13. The average molecular weight is 402 g/mol. The fourth-order valence-electron chi connectivity index (χ4n) is 4.17. The van der Waals surface area contributed by atoms with Crippen molar-refractivity contribution >= 4 is 5.69 Å². The van der Waals surface area contributed by atoms with Crippen molar-refractivity contribution in [3.63, 3.8) is 0 Å². The summed E-state index contributed by atoms with van der Waals surface area (Å²) in [7, 11) is 0. The van der Waals surface area contributed by atoms with Crippen molar-refractivity contribution < 1.29 is 0 Å². The molecule has 1 nitrogen and oxygen atoms in total. The molecule has 0 aliphatic carbocycles. The molecule has 29 heavy (non-hydrogen) atoms. The van der Waals surface area contributed by atoms with Crippen molar-refractivity contribution in [2.45, 2.75) is 136 Å². The van der Waals surface area contributed by atoms with Crippen LogP contribution in [0, 0.1) is 0 Å². The molecular weight excluding hydrogens is 350 g/mol. The lowest BCUT2D eigenvalue weighted by Gasteiger charge is -2.11. The van der Waals surface area contributed by atoms with Gasteiger partial charge in [0, 0.05) is 12.2 Å². The highest BCUT2D eigenvalue weighted by Gasteiger charge is 2.00. The second-order valence-corrected chi connectivity index (χ2v) is 8.99. The van der Waals surface area contributed by atoms with Gasteiger partial charge in [0.25, 0.3) is 0 Å². The highest BCUT2D eigenvalue weighted by atomic mass is 14.9. The van der Waals surface area contributed by atoms with Crippen LogP contribution in [0.4, 0.5) is 5.69 Å². The van der Waals surface area contributed by atoms with Crippen LogP contribution in [0.2, 0.25) is 0 Å². The normalized spacial score (nSPS) is 11.1. The van der Waals surface area contributed by atoms with E-state index in [2.05, 4.69) is 43.4 Å². The van der Waals surface area contributed by atoms with Crippen LogP contribution in [0.15, 0.2) is 24.3 Å². The zero-order chi connectivity index (χ0) is 20.8. The molecule has 0 atom stereocenters. The third-order valence-corrected chi connectivity index (χ3v) is 6.16. The monoisotopic (exact) mass is 401 g/mol. The van der Waals surface area contributed by atoms with E-state index in [9.17, 15) is 0 Å². The molecule has 0 fully saturated rings. The maximum atomic E-state index is 3.67. The van der Waals surface area contributed by atoms with Gasteiger partial charge in [0.1, 0.15) is 0 Å². The van der Waals surface area contributed by atoms with Crippen molar-refractivity contribution in [2.75, 3.05) is 11.9 Å². The number of nitrogens with one attached hydrogen (secondary N) is 1. The second-order valence-electron chi connectivity index (χ2n) is 8.99. The SMILES string of the molecule is CCCCCCCCCCCCCCCCCCNc1ccccc1CCCC. The van der Waals surface area contributed by atoms with E-state index in [4.69, 9.17) is 0 Å². The van der Waals surface area contributed by atoms with E-state index in [1.54, 1.807) is 0 Å². The molecule has 0 saturated heterocycles. The van der Waals surface area contributed by atoms with Crippen LogP contribution < -0.4 is 5.32 Å². The molecule has 1 N–H and O–H groups in total. The lowest BCUT2D eigenvalue weighted by molar-refractivity contribution is 0.530. The minimum Gasteiger partial charge on any atom is -0.385 e. The lowest BCUT2D eigenvalue weighted by Crippen LogP contribution is -2.04. The third kappa shape index (κ3) is 15.5. The van der Waals surface area contributed by atoms with Crippen LogP contribution in [-0.4, -0.2) is 6.54 Å². The van der Waals surface area contributed by atoms with Crippen LogP contribution >= 0.6 is 0 Å². The van der Waals surface area contributed by atoms with Crippen LogP contribution in [0.25, 0.3) is 0 Å². The van der Waals surface area contributed by atoms with E-state index in [1.807, 2.05) is 0 Å². The van der Waals surface area contributed by atoms with E-state index in [0.717, 1.165) is 6.54 Å². The summed E-state index contributed by atoms with van der Waals surface area (Å²) in [5, 5.41) is 3.67. The molecule has 0 radical (unpaired) electrons. The molecule has 1 aromatic carbocycles. The Balaban J connectivity index is 1.84. The van der Waals surface area contributed by atoms with Gasteiger partial charge in [0.05, 0.1) is 0 Å². The molecule has 168 valence electrons. The Bertz CT molecular complexity index is 453. The first-order valence-corrected chi connectivity index (χ1v) is 13.2. The van der Waals surface area contributed by atoms with E-state index in [-0.39, 0.29) is 0 Å². The third-order valence-electron chi connectivity index (χ3n) is 6.16. The summed E-state index contributed by atoms with van der Waals surface area (Å²) < 4.78 is 0. The molecule has 0 aliphatic heterocycles. The number of para-hydroxylation sites is 1. The Labute approximate surface area is 183 Å². The van der Waals surface area contributed by atoms with Gasteiger partial charge in [0.15, 0.2) is 0 Å². The van der Waals surface area contributed by atoms with Crippen LogP contribution in [0.5, 0.6) is 0 Å². The van der Waals surface area contributed by atoms with E-state index >= 15 is 0 Å². The van der Waals surface area contributed by atoms with Gasteiger partial charge in [-0.15, -0.1) is 0 Å². The van der Waals surface area contributed by atoms with Gasteiger partial charge < -0.3 is 5.32 Å². The summed E-state index contributed by atoms with van der Waals surface area (Å²) in [6.45, 7) is 5.70. The Kier molecular flexibility index (Phi) is 18.2. The number of unbranched alkanes of at least 4 members (excludes halogenated alkanes) is 16. The Hall–Kier alpha value is -0.980. The molecule has 0 aliphatic rings. The molecule has 0 saturated carbocycles. The number of hydrogen-bond acceptors (Lipinski definition) is 1. The van der Waals surface area contributed by atoms with Crippen LogP contribution in [0.1, 0.15) is 135 Å². The molecular formula is C28H51N. The van der Waals surface area contributed by atoms with Gasteiger partial charge in [-0.25, -0.2) is 0 Å². The quantitative estimate of drug-likeness (QED) is 0.202. The lowest BCUT2D eigenvalue weighted by atomic mass is 10.0. The molecule has 0 bridgehead atoms. The minimum absolute atomic E-state index is 1.13. The van der Waals surface area contributed by atoms with Crippen molar-refractivity contribution in [3.05, 3.63) is 29.8 Å². The maximum Gasteiger partial charge on any atom is 0.0372 e. The topological polar surface area (TPSA) is 12.0 Å². The van der Waals surface area contributed by atoms with Crippen molar-refractivity contribution in [1.82, 2.24) is 0 Å². The molecule has 0 heterocycles. The second kappa shape index (κ2) is 20.3. The van der Waals surface area contributed by atoms with Crippen LogP contribution in [-0.2, 0) is 6.42 Å². The fraction of sp³-hybridized carbons (Fsp3) is 0.786. The average Bonchev–Trinajstić information content (AvgIpc) is 2.75. The summed E-state index contributed by atoms with van der Waals surface area (Å²) in [6.07, 6.45) is 26.8. The first kappa shape index (κ1) is 26.1. The number of hydrogen-bond donors (Lipinski definition) is 1. The van der Waals surface area contributed by atoms with Crippen molar-refractivity contribution in [1.29, 1.82) is 0 Å². The first-order chi connectivity index (χ1) is 14.4. The molecule has 0 unspecified atom stereocenters. The van der Waals surface area contributed by atoms with Gasteiger partial charge in [-0.3, -0.25) is 0 Å². The standard InChI is InChI=1S/C28H51N/c1-3-5-7-8-9-10-11-12-13-14-15-16-17-18-19-22-26-29-28-25-21-20-24-27(28)23-6-4-2/h20-21,24-25,29H,3-19,22-23,26H2,1-2H3. The van der Waals surface area contributed by atoms with E-state index in [0.29, 0.717) is 0 Å². The summed E-state index contributed by atoms with van der Waals surface area (Å²) in [5.41, 5.74) is 2.85. The molecule has 1 heteroatoms. The van der Waals surface area contributed by atoms with E-state index < -0.39 is 0 Å².